The zero-order chi connectivity index (χ0) is 19.5. The number of piperazine rings is 1. The summed E-state index contributed by atoms with van der Waals surface area (Å²) in [6.07, 6.45) is 1.66. The largest absolute Gasteiger partial charge is 0.461 e. The molecule has 1 saturated heterocycles. The zero-order valence-electron chi connectivity index (χ0n) is 15.9. The molecular weight excluding hydrogens is 394 g/mol. The molecule has 0 N–H and O–H groups in total. The van der Waals surface area contributed by atoms with Gasteiger partial charge in [0.25, 0.3) is 0 Å². The topological polar surface area (TPSA) is 42.4 Å². The maximum Gasteiger partial charge on any atom is 0.199 e. The summed E-state index contributed by atoms with van der Waals surface area (Å²) in [7, 11) is 0. The summed E-state index contributed by atoms with van der Waals surface area (Å²) in [5.74, 6) is 1.54. The van der Waals surface area contributed by atoms with Crippen molar-refractivity contribution in [1.82, 2.24) is 24.1 Å². The average Bonchev–Trinajstić information content (AvgIpc) is 3.34. The molecule has 148 valence electrons. The molecule has 6 nitrogen and oxygen atoms in total. The van der Waals surface area contributed by atoms with Gasteiger partial charge in [0.2, 0.25) is 0 Å². The lowest BCUT2D eigenvalue weighted by molar-refractivity contribution is 0.0980. The third-order valence-electron chi connectivity index (χ3n) is 5.10. The number of furan rings is 1. The molecule has 0 aliphatic carbocycles. The molecular formula is C20H24ClN5OS. The van der Waals surface area contributed by atoms with Gasteiger partial charge in [0, 0.05) is 44.3 Å². The van der Waals surface area contributed by atoms with Crippen molar-refractivity contribution in [3.8, 4) is 11.6 Å². The Morgan fingerprint density at radius 3 is 2.43 bits per heavy atom. The second-order valence-corrected chi connectivity index (χ2v) is 7.79. The highest BCUT2D eigenvalue weighted by molar-refractivity contribution is 7.71. The average molecular weight is 418 g/mol. The van der Waals surface area contributed by atoms with E-state index in [1.807, 2.05) is 33.5 Å². The van der Waals surface area contributed by atoms with Crippen LogP contribution in [-0.4, -0.2) is 50.3 Å². The number of benzene rings is 1. The predicted molar refractivity (Wildman–Crippen MR) is 113 cm³/mol. The van der Waals surface area contributed by atoms with E-state index in [1.165, 1.54) is 5.56 Å². The van der Waals surface area contributed by atoms with Gasteiger partial charge in [-0.2, -0.15) is 0 Å². The van der Waals surface area contributed by atoms with Crippen molar-refractivity contribution in [2.45, 2.75) is 26.7 Å². The summed E-state index contributed by atoms with van der Waals surface area (Å²) >= 11 is 11.6. The van der Waals surface area contributed by atoms with Crippen molar-refractivity contribution in [1.29, 1.82) is 0 Å². The molecule has 3 aromatic rings. The van der Waals surface area contributed by atoms with Gasteiger partial charge in [-0.1, -0.05) is 23.7 Å². The van der Waals surface area contributed by atoms with E-state index in [1.54, 1.807) is 6.26 Å². The van der Waals surface area contributed by atoms with Crippen molar-refractivity contribution in [2.24, 2.45) is 0 Å². The first-order valence-electron chi connectivity index (χ1n) is 9.54. The van der Waals surface area contributed by atoms with Crippen LogP contribution in [-0.2, 0) is 19.8 Å². The lowest BCUT2D eigenvalue weighted by Crippen LogP contribution is -2.46. The van der Waals surface area contributed by atoms with E-state index in [0.717, 1.165) is 60.6 Å². The Morgan fingerprint density at radius 2 is 1.79 bits per heavy atom. The van der Waals surface area contributed by atoms with Crippen molar-refractivity contribution in [3.63, 3.8) is 0 Å². The molecule has 0 atom stereocenters. The molecule has 1 aromatic carbocycles. The maximum atomic E-state index is 5.97. The van der Waals surface area contributed by atoms with Crippen LogP contribution in [0.4, 0.5) is 0 Å². The van der Waals surface area contributed by atoms with Crippen molar-refractivity contribution >= 4 is 23.8 Å². The number of halogens is 1. The molecule has 1 fully saturated rings. The molecule has 0 spiro atoms. The highest BCUT2D eigenvalue weighted by Crippen LogP contribution is 2.19. The second kappa shape index (κ2) is 8.61. The van der Waals surface area contributed by atoms with Crippen LogP contribution in [0.1, 0.15) is 12.5 Å². The molecule has 0 unspecified atom stereocenters. The monoisotopic (exact) mass is 417 g/mol. The zero-order valence-corrected chi connectivity index (χ0v) is 17.5. The first-order chi connectivity index (χ1) is 13.6. The van der Waals surface area contributed by atoms with Gasteiger partial charge in [0.05, 0.1) is 12.9 Å². The number of nitrogens with zero attached hydrogens (tertiary/aromatic N) is 5. The smallest absolute Gasteiger partial charge is 0.199 e. The Morgan fingerprint density at radius 1 is 1.07 bits per heavy atom. The quantitative estimate of drug-likeness (QED) is 0.564. The van der Waals surface area contributed by atoms with E-state index < -0.39 is 0 Å². The summed E-state index contributed by atoms with van der Waals surface area (Å²) in [4.78, 5) is 4.87. The standard InChI is InChI=1S/C20H24ClN5OS/c1-2-25-19(18-4-3-13-27-18)22-26(20(25)28)15-24-11-9-23(10-12-24)14-16-5-7-17(21)8-6-16/h3-8,13H,2,9-12,14-15H2,1H3. The van der Waals surface area contributed by atoms with Crippen molar-refractivity contribution < 1.29 is 4.42 Å². The van der Waals surface area contributed by atoms with Crippen LogP contribution in [0.3, 0.4) is 0 Å². The summed E-state index contributed by atoms with van der Waals surface area (Å²) in [6, 6.07) is 11.9. The molecule has 0 saturated carbocycles. The minimum atomic E-state index is 0.703. The van der Waals surface area contributed by atoms with Crippen molar-refractivity contribution in [3.05, 3.63) is 58.0 Å². The molecule has 0 amide bonds. The van der Waals surface area contributed by atoms with Gasteiger partial charge in [-0.25, -0.2) is 4.68 Å². The van der Waals surface area contributed by atoms with Crippen LogP contribution < -0.4 is 0 Å². The lowest BCUT2D eigenvalue weighted by atomic mass is 10.2. The molecule has 1 aliphatic heterocycles. The highest BCUT2D eigenvalue weighted by atomic mass is 35.5. The summed E-state index contributed by atoms with van der Waals surface area (Å²) in [5.41, 5.74) is 1.30. The van der Waals surface area contributed by atoms with Gasteiger partial charge in [-0.3, -0.25) is 14.4 Å². The van der Waals surface area contributed by atoms with Gasteiger partial charge >= 0.3 is 0 Å². The predicted octanol–water partition coefficient (Wildman–Crippen LogP) is 4.12. The Hall–Kier alpha value is -1.93. The summed E-state index contributed by atoms with van der Waals surface area (Å²) in [5, 5.41) is 5.51. The first-order valence-corrected chi connectivity index (χ1v) is 10.3. The van der Waals surface area contributed by atoms with Crippen LogP contribution in [0.25, 0.3) is 11.6 Å². The van der Waals surface area contributed by atoms with E-state index in [9.17, 15) is 0 Å². The van der Waals surface area contributed by atoms with Gasteiger partial charge in [-0.05, 0) is 49.0 Å². The minimum absolute atomic E-state index is 0.703. The SMILES string of the molecule is CCn1c(-c2ccco2)nn(CN2CCN(Cc3ccc(Cl)cc3)CC2)c1=S. The molecule has 0 radical (unpaired) electrons. The summed E-state index contributed by atoms with van der Waals surface area (Å²) in [6.45, 7) is 8.53. The van der Waals surface area contributed by atoms with E-state index in [4.69, 9.17) is 33.3 Å². The molecule has 2 aromatic heterocycles. The Bertz CT molecular complexity index is 956. The fourth-order valence-corrected chi connectivity index (χ4v) is 3.97. The van der Waals surface area contributed by atoms with Crippen molar-refractivity contribution in [2.75, 3.05) is 26.2 Å². The Kier molecular flexibility index (Phi) is 5.96. The van der Waals surface area contributed by atoms with E-state index in [0.29, 0.717) is 6.67 Å². The van der Waals surface area contributed by atoms with Crippen LogP contribution in [0.5, 0.6) is 0 Å². The van der Waals surface area contributed by atoms with Gasteiger partial charge in [0.15, 0.2) is 16.4 Å². The van der Waals surface area contributed by atoms with E-state index >= 15 is 0 Å². The number of aromatic nitrogens is 3. The molecule has 28 heavy (non-hydrogen) atoms. The molecule has 1 aliphatic rings. The van der Waals surface area contributed by atoms with Crippen LogP contribution in [0.15, 0.2) is 47.1 Å². The first kappa shape index (κ1) is 19.4. The number of rotatable bonds is 6. The normalized spacial score (nSPS) is 15.9. The fraction of sp³-hybridized carbons (Fsp3) is 0.400. The van der Waals surface area contributed by atoms with Crippen LogP contribution >= 0.6 is 23.8 Å². The highest BCUT2D eigenvalue weighted by Gasteiger charge is 2.20. The fourth-order valence-electron chi connectivity index (χ4n) is 3.53. The molecule has 3 heterocycles. The molecule has 0 bridgehead atoms. The Labute approximate surface area is 174 Å². The minimum Gasteiger partial charge on any atom is -0.461 e. The summed E-state index contributed by atoms with van der Waals surface area (Å²) < 4.78 is 10.2. The maximum absolute atomic E-state index is 5.97. The van der Waals surface area contributed by atoms with E-state index in [-0.39, 0.29) is 0 Å². The Balaban J connectivity index is 1.38. The van der Waals surface area contributed by atoms with Crippen LogP contribution in [0, 0.1) is 4.77 Å². The third-order valence-corrected chi connectivity index (χ3v) is 5.78. The van der Waals surface area contributed by atoms with E-state index in [2.05, 4.69) is 28.9 Å². The van der Waals surface area contributed by atoms with Gasteiger partial charge in [-0.15, -0.1) is 5.10 Å². The third kappa shape index (κ3) is 4.22. The second-order valence-electron chi connectivity index (χ2n) is 6.99. The number of hydrogen-bond acceptors (Lipinski definition) is 5. The van der Waals surface area contributed by atoms with Gasteiger partial charge in [0.1, 0.15) is 0 Å². The van der Waals surface area contributed by atoms with Crippen LogP contribution in [0.2, 0.25) is 5.02 Å². The number of hydrogen-bond donors (Lipinski definition) is 0. The lowest BCUT2D eigenvalue weighted by Gasteiger charge is -2.34. The molecule has 4 rings (SSSR count). The molecule has 8 heteroatoms. The van der Waals surface area contributed by atoms with Gasteiger partial charge < -0.3 is 4.42 Å².